The number of nitro groups is 1. The summed E-state index contributed by atoms with van der Waals surface area (Å²) in [6.45, 7) is 5.34. The van der Waals surface area contributed by atoms with Gasteiger partial charge in [-0.3, -0.25) is 14.9 Å². The summed E-state index contributed by atoms with van der Waals surface area (Å²) in [5.41, 5.74) is 0.743. The van der Waals surface area contributed by atoms with Crippen molar-refractivity contribution in [1.29, 1.82) is 0 Å². The zero-order valence-corrected chi connectivity index (χ0v) is 12.6. The third kappa shape index (κ3) is 3.51. The van der Waals surface area contributed by atoms with Crippen molar-refractivity contribution in [3.63, 3.8) is 0 Å². The van der Waals surface area contributed by atoms with Crippen molar-refractivity contribution in [2.45, 2.75) is 20.3 Å². The van der Waals surface area contributed by atoms with Crippen LogP contribution in [0.5, 0.6) is 0 Å². The van der Waals surface area contributed by atoms with E-state index >= 15 is 0 Å². The number of benzene rings is 1. The predicted octanol–water partition coefficient (Wildman–Crippen LogP) is 2.75. The Morgan fingerprint density at radius 3 is 2.71 bits per heavy atom. The van der Waals surface area contributed by atoms with Gasteiger partial charge in [0.15, 0.2) is 0 Å². The summed E-state index contributed by atoms with van der Waals surface area (Å²) in [4.78, 5) is 24.6. The minimum atomic E-state index is -0.461. The van der Waals surface area contributed by atoms with Gasteiger partial charge in [0.25, 0.3) is 11.6 Å². The van der Waals surface area contributed by atoms with E-state index in [0.29, 0.717) is 36.2 Å². The third-order valence-corrected chi connectivity index (χ3v) is 3.94. The predicted molar refractivity (Wildman–Crippen MR) is 81.5 cm³/mol. The van der Waals surface area contributed by atoms with E-state index in [9.17, 15) is 14.9 Å². The van der Waals surface area contributed by atoms with E-state index < -0.39 is 4.92 Å². The quantitative estimate of drug-likeness (QED) is 0.646. The number of nitrogens with one attached hydrogen (secondary N) is 1. The fourth-order valence-electron chi connectivity index (χ4n) is 2.46. The number of anilines is 1. The van der Waals surface area contributed by atoms with Gasteiger partial charge in [-0.1, -0.05) is 6.92 Å². The Balaban J connectivity index is 2.16. The van der Waals surface area contributed by atoms with Gasteiger partial charge in [-0.25, -0.2) is 0 Å². The van der Waals surface area contributed by atoms with E-state index in [-0.39, 0.29) is 11.6 Å². The van der Waals surface area contributed by atoms with E-state index in [2.05, 4.69) is 12.2 Å². The summed E-state index contributed by atoms with van der Waals surface area (Å²) in [6.07, 6.45) is 1.15. The maximum absolute atomic E-state index is 12.3. The summed E-state index contributed by atoms with van der Waals surface area (Å²) in [7, 11) is 1.75. The number of hydrogen-bond donors (Lipinski definition) is 1. The lowest BCUT2D eigenvalue weighted by atomic mass is 10.1. The minimum Gasteiger partial charge on any atom is -0.380 e. The van der Waals surface area contributed by atoms with Crippen molar-refractivity contribution < 1.29 is 9.72 Å². The molecule has 6 nitrogen and oxygen atoms in total. The van der Waals surface area contributed by atoms with E-state index in [1.54, 1.807) is 24.1 Å². The van der Waals surface area contributed by atoms with Gasteiger partial charge in [0, 0.05) is 31.8 Å². The molecule has 2 unspecified atom stereocenters. The molecule has 0 bridgehead atoms. The molecular weight excluding hydrogens is 270 g/mol. The van der Waals surface area contributed by atoms with Gasteiger partial charge < -0.3 is 10.2 Å². The first-order chi connectivity index (χ1) is 9.93. The highest BCUT2D eigenvalue weighted by molar-refractivity contribution is 5.95. The van der Waals surface area contributed by atoms with E-state index in [0.717, 1.165) is 6.42 Å². The lowest BCUT2D eigenvalue weighted by Crippen LogP contribution is -2.29. The van der Waals surface area contributed by atoms with Gasteiger partial charge in [-0.05, 0) is 37.3 Å². The second-order valence-electron chi connectivity index (χ2n) is 5.68. The number of carbonyl (C=O) groups excluding carboxylic acids is 1. The molecule has 6 heteroatoms. The average Bonchev–Trinajstić information content (AvgIpc) is 3.13. The van der Waals surface area contributed by atoms with Crippen LogP contribution in [0.2, 0.25) is 0 Å². The Morgan fingerprint density at radius 1 is 1.52 bits per heavy atom. The van der Waals surface area contributed by atoms with E-state index in [1.165, 1.54) is 6.07 Å². The van der Waals surface area contributed by atoms with Crippen molar-refractivity contribution in [2.75, 3.05) is 25.5 Å². The van der Waals surface area contributed by atoms with Crippen LogP contribution in [0.25, 0.3) is 0 Å². The van der Waals surface area contributed by atoms with Crippen molar-refractivity contribution in [1.82, 2.24) is 4.90 Å². The van der Waals surface area contributed by atoms with Gasteiger partial charge in [0.1, 0.15) is 5.69 Å². The number of rotatable bonds is 6. The first-order valence-electron chi connectivity index (χ1n) is 7.21. The van der Waals surface area contributed by atoms with Gasteiger partial charge >= 0.3 is 0 Å². The molecule has 1 aliphatic carbocycles. The van der Waals surface area contributed by atoms with Crippen LogP contribution in [0.3, 0.4) is 0 Å². The Morgan fingerprint density at radius 2 is 2.19 bits per heavy atom. The first kappa shape index (κ1) is 15.3. The molecule has 0 radical (unpaired) electrons. The molecule has 1 fully saturated rings. The summed E-state index contributed by atoms with van der Waals surface area (Å²) in [5, 5.41) is 14.0. The minimum absolute atomic E-state index is 0.0594. The number of amides is 1. The molecule has 0 heterocycles. The van der Waals surface area contributed by atoms with E-state index in [1.807, 2.05) is 6.92 Å². The molecule has 2 atom stereocenters. The van der Waals surface area contributed by atoms with Gasteiger partial charge in [0.05, 0.1) is 4.92 Å². The fraction of sp³-hybridized carbons (Fsp3) is 0.533. The van der Waals surface area contributed by atoms with Crippen LogP contribution in [0.4, 0.5) is 11.4 Å². The molecule has 1 saturated carbocycles. The molecule has 0 aromatic heterocycles. The van der Waals surface area contributed by atoms with Crippen LogP contribution in [-0.2, 0) is 0 Å². The maximum Gasteiger partial charge on any atom is 0.293 e. The lowest BCUT2D eigenvalue weighted by Gasteiger charge is -2.17. The van der Waals surface area contributed by atoms with Gasteiger partial charge in [-0.15, -0.1) is 0 Å². The van der Waals surface area contributed by atoms with Crippen molar-refractivity contribution >= 4 is 17.3 Å². The largest absolute Gasteiger partial charge is 0.380 e. The Bertz CT molecular complexity index is 559. The molecule has 0 aliphatic heterocycles. The average molecular weight is 291 g/mol. The highest BCUT2D eigenvalue weighted by Crippen LogP contribution is 2.38. The van der Waals surface area contributed by atoms with Gasteiger partial charge in [0.2, 0.25) is 0 Å². The van der Waals surface area contributed by atoms with Crippen LogP contribution in [-0.4, -0.2) is 35.9 Å². The Labute approximate surface area is 124 Å². The molecular formula is C15H21N3O3. The highest BCUT2D eigenvalue weighted by Gasteiger charge is 2.34. The van der Waals surface area contributed by atoms with Crippen LogP contribution in [0, 0.1) is 22.0 Å². The van der Waals surface area contributed by atoms with Crippen LogP contribution < -0.4 is 5.32 Å². The SMILES string of the molecule is CCNc1ccc(C(=O)N(C)CC2CC2C)cc1[N+](=O)[O-]. The van der Waals surface area contributed by atoms with E-state index in [4.69, 9.17) is 0 Å². The zero-order chi connectivity index (χ0) is 15.6. The van der Waals surface area contributed by atoms with Gasteiger partial charge in [-0.2, -0.15) is 0 Å². The number of nitro benzene ring substituents is 1. The topological polar surface area (TPSA) is 75.5 Å². The maximum atomic E-state index is 12.3. The van der Waals surface area contributed by atoms with Crippen LogP contribution in [0.1, 0.15) is 30.6 Å². The highest BCUT2D eigenvalue weighted by atomic mass is 16.6. The standard InChI is InChI=1S/C15H21N3O3/c1-4-16-13-6-5-11(8-14(13)18(20)21)15(19)17(3)9-12-7-10(12)2/h5-6,8,10,12,16H,4,7,9H2,1-3H3. The summed E-state index contributed by atoms with van der Waals surface area (Å²) < 4.78 is 0. The number of hydrogen-bond acceptors (Lipinski definition) is 4. The first-order valence-corrected chi connectivity index (χ1v) is 7.21. The van der Waals surface area contributed by atoms with Crippen LogP contribution >= 0.6 is 0 Å². The molecule has 0 spiro atoms. The van der Waals surface area contributed by atoms with Crippen LogP contribution in [0.15, 0.2) is 18.2 Å². The summed E-state index contributed by atoms with van der Waals surface area (Å²) >= 11 is 0. The zero-order valence-electron chi connectivity index (χ0n) is 12.6. The Kier molecular flexibility index (Phi) is 4.45. The summed E-state index contributed by atoms with van der Waals surface area (Å²) in [5.74, 6) is 1.07. The monoisotopic (exact) mass is 291 g/mol. The second-order valence-corrected chi connectivity index (χ2v) is 5.68. The molecule has 21 heavy (non-hydrogen) atoms. The second kappa shape index (κ2) is 6.11. The molecule has 1 aromatic rings. The summed E-state index contributed by atoms with van der Waals surface area (Å²) in [6, 6.07) is 4.59. The van der Waals surface area contributed by atoms with Crippen molar-refractivity contribution in [3.05, 3.63) is 33.9 Å². The number of nitrogens with zero attached hydrogens (tertiary/aromatic N) is 2. The molecule has 2 rings (SSSR count). The third-order valence-electron chi connectivity index (χ3n) is 3.94. The smallest absolute Gasteiger partial charge is 0.293 e. The fourth-order valence-corrected chi connectivity index (χ4v) is 2.46. The normalized spacial score (nSPS) is 20.0. The molecule has 1 amide bonds. The van der Waals surface area contributed by atoms with Crippen molar-refractivity contribution in [3.8, 4) is 0 Å². The molecule has 1 aliphatic rings. The number of carbonyl (C=O) groups is 1. The Hall–Kier alpha value is -2.11. The molecule has 114 valence electrons. The van der Waals surface area contributed by atoms with Crippen molar-refractivity contribution in [2.24, 2.45) is 11.8 Å². The molecule has 1 aromatic carbocycles. The molecule has 0 saturated heterocycles. The molecule has 1 N–H and O–H groups in total. The lowest BCUT2D eigenvalue weighted by molar-refractivity contribution is -0.384.